The lowest BCUT2D eigenvalue weighted by molar-refractivity contribution is 0.0507. The summed E-state index contributed by atoms with van der Waals surface area (Å²) in [5, 5.41) is 3.28. The standard InChI is InChI=1S/C14H22FNO/c1-3-9-16-11-14(17-10-4-2)12-7-5-6-8-13(12)15/h5-8,14,16H,3-4,9-11H2,1-2H3. The minimum absolute atomic E-state index is 0.188. The van der Waals surface area contributed by atoms with Crippen LogP contribution in [-0.4, -0.2) is 19.7 Å². The molecule has 0 amide bonds. The van der Waals surface area contributed by atoms with Crippen molar-refractivity contribution in [2.24, 2.45) is 0 Å². The average molecular weight is 239 g/mol. The average Bonchev–Trinajstić information content (AvgIpc) is 2.35. The molecule has 0 fully saturated rings. The van der Waals surface area contributed by atoms with Gasteiger partial charge in [0, 0.05) is 18.7 Å². The molecule has 1 rings (SSSR count). The molecule has 0 heterocycles. The Morgan fingerprint density at radius 2 is 2.00 bits per heavy atom. The molecule has 0 spiro atoms. The number of rotatable bonds is 8. The van der Waals surface area contributed by atoms with Crippen LogP contribution in [0.2, 0.25) is 0 Å². The summed E-state index contributed by atoms with van der Waals surface area (Å²) in [6.45, 7) is 6.41. The van der Waals surface area contributed by atoms with Crippen LogP contribution in [0.1, 0.15) is 38.4 Å². The van der Waals surface area contributed by atoms with Crippen LogP contribution in [0.3, 0.4) is 0 Å². The molecule has 0 aliphatic heterocycles. The SMILES string of the molecule is CCCNCC(OCCC)c1ccccc1F. The third-order valence-corrected chi connectivity index (χ3v) is 2.53. The van der Waals surface area contributed by atoms with Crippen molar-refractivity contribution in [3.63, 3.8) is 0 Å². The second-order valence-electron chi connectivity index (χ2n) is 4.09. The first-order valence-corrected chi connectivity index (χ1v) is 6.36. The summed E-state index contributed by atoms with van der Waals surface area (Å²) in [5.74, 6) is -0.188. The molecule has 0 saturated heterocycles. The summed E-state index contributed by atoms with van der Waals surface area (Å²) in [7, 11) is 0. The zero-order valence-corrected chi connectivity index (χ0v) is 10.7. The minimum Gasteiger partial charge on any atom is -0.372 e. The molecule has 3 heteroatoms. The highest BCUT2D eigenvalue weighted by atomic mass is 19.1. The quantitative estimate of drug-likeness (QED) is 0.703. The molecule has 0 radical (unpaired) electrons. The molecule has 1 atom stereocenters. The van der Waals surface area contributed by atoms with Gasteiger partial charge in [-0.05, 0) is 25.5 Å². The largest absolute Gasteiger partial charge is 0.372 e. The second-order valence-corrected chi connectivity index (χ2v) is 4.09. The van der Waals surface area contributed by atoms with Gasteiger partial charge in [0.2, 0.25) is 0 Å². The van der Waals surface area contributed by atoms with Crippen LogP contribution in [0.15, 0.2) is 24.3 Å². The number of hydrogen-bond acceptors (Lipinski definition) is 2. The van der Waals surface area contributed by atoms with Gasteiger partial charge in [-0.2, -0.15) is 0 Å². The number of hydrogen-bond donors (Lipinski definition) is 1. The fourth-order valence-electron chi connectivity index (χ4n) is 1.66. The third-order valence-electron chi connectivity index (χ3n) is 2.53. The number of halogens is 1. The minimum atomic E-state index is -0.192. The summed E-state index contributed by atoms with van der Waals surface area (Å²) in [6.07, 6.45) is 1.82. The van der Waals surface area contributed by atoms with E-state index in [1.807, 2.05) is 6.07 Å². The monoisotopic (exact) mass is 239 g/mol. The number of nitrogens with one attached hydrogen (secondary N) is 1. The van der Waals surface area contributed by atoms with Gasteiger partial charge in [-0.1, -0.05) is 32.0 Å². The molecule has 1 aromatic rings. The highest BCUT2D eigenvalue weighted by molar-refractivity contribution is 5.20. The molecule has 0 aliphatic carbocycles. The molecule has 96 valence electrons. The highest BCUT2D eigenvalue weighted by Gasteiger charge is 2.15. The van der Waals surface area contributed by atoms with Crippen molar-refractivity contribution in [2.75, 3.05) is 19.7 Å². The first kappa shape index (κ1) is 14.1. The molecule has 1 aromatic carbocycles. The van der Waals surface area contributed by atoms with E-state index in [2.05, 4.69) is 19.2 Å². The molecule has 1 unspecified atom stereocenters. The van der Waals surface area contributed by atoms with Crippen molar-refractivity contribution < 1.29 is 9.13 Å². The van der Waals surface area contributed by atoms with Crippen LogP contribution in [0.4, 0.5) is 4.39 Å². The fraction of sp³-hybridized carbons (Fsp3) is 0.571. The van der Waals surface area contributed by atoms with E-state index in [9.17, 15) is 4.39 Å². The van der Waals surface area contributed by atoms with Crippen molar-refractivity contribution in [1.82, 2.24) is 5.32 Å². The predicted octanol–water partition coefficient (Wildman–Crippen LogP) is 3.29. The molecular formula is C14H22FNO. The van der Waals surface area contributed by atoms with Gasteiger partial charge < -0.3 is 10.1 Å². The molecule has 0 saturated carbocycles. The summed E-state index contributed by atoms with van der Waals surface area (Å²) in [5.41, 5.74) is 0.643. The van der Waals surface area contributed by atoms with Crippen LogP contribution >= 0.6 is 0 Å². The maximum atomic E-state index is 13.7. The topological polar surface area (TPSA) is 21.3 Å². The Balaban J connectivity index is 2.64. The van der Waals surface area contributed by atoms with E-state index in [4.69, 9.17) is 4.74 Å². The van der Waals surface area contributed by atoms with Gasteiger partial charge in [-0.3, -0.25) is 0 Å². The zero-order valence-electron chi connectivity index (χ0n) is 10.7. The smallest absolute Gasteiger partial charge is 0.129 e. The van der Waals surface area contributed by atoms with Crippen molar-refractivity contribution in [3.8, 4) is 0 Å². The van der Waals surface area contributed by atoms with E-state index >= 15 is 0 Å². The van der Waals surface area contributed by atoms with Crippen LogP contribution in [0.25, 0.3) is 0 Å². The molecule has 0 aliphatic rings. The second kappa shape index (κ2) is 8.20. The van der Waals surface area contributed by atoms with Gasteiger partial charge in [0.15, 0.2) is 0 Å². The van der Waals surface area contributed by atoms with E-state index in [1.165, 1.54) is 6.07 Å². The molecule has 2 nitrogen and oxygen atoms in total. The van der Waals surface area contributed by atoms with Gasteiger partial charge >= 0.3 is 0 Å². The molecule has 17 heavy (non-hydrogen) atoms. The first-order valence-electron chi connectivity index (χ1n) is 6.36. The lowest BCUT2D eigenvalue weighted by atomic mass is 10.1. The van der Waals surface area contributed by atoms with Crippen LogP contribution in [-0.2, 0) is 4.74 Å². The summed E-state index contributed by atoms with van der Waals surface area (Å²) in [6, 6.07) is 6.83. The van der Waals surface area contributed by atoms with Gasteiger partial charge in [0.25, 0.3) is 0 Å². The predicted molar refractivity (Wildman–Crippen MR) is 68.5 cm³/mol. The van der Waals surface area contributed by atoms with Gasteiger partial charge in [0.1, 0.15) is 5.82 Å². The normalized spacial score (nSPS) is 12.6. The van der Waals surface area contributed by atoms with Crippen LogP contribution in [0.5, 0.6) is 0 Å². The van der Waals surface area contributed by atoms with Crippen molar-refractivity contribution in [2.45, 2.75) is 32.8 Å². The van der Waals surface area contributed by atoms with E-state index in [-0.39, 0.29) is 11.9 Å². The molecular weight excluding hydrogens is 217 g/mol. The van der Waals surface area contributed by atoms with Crippen molar-refractivity contribution >= 4 is 0 Å². The van der Waals surface area contributed by atoms with Crippen molar-refractivity contribution in [1.29, 1.82) is 0 Å². The fourth-order valence-corrected chi connectivity index (χ4v) is 1.66. The maximum Gasteiger partial charge on any atom is 0.129 e. The Labute approximate surface area is 103 Å². The van der Waals surface area contributed by atoms with E-state index in [1.54, 1.807) is 12.1 Å². The zero-order chi connectivity index (χ0) is 12.5. The highest BCUT2D eigenvalue weighted by Crippen LogP contribution is 2.20. The summed E-state index contributed by atoms with van der Waals surface area (Å²) >= 11 is 0. The Morgan fingerprint density at radius 3 is 2.65 bits per heavy atom. The third kappa shape index (κ3) is 4.84. The van der Waals surface area contributed by atoms with E-state index in [0.29, 0.717) is 18.7 Å². The molecule has 0 bridgehead atoms. The first-order chi connectivity index (χ1) is 8.29. The summed E-state index contributed by atoms with van der Waals surface area (Å²) in [4.78, 5) is 0. The van der Waals surface area contributed by atoms with Crippen LogP contribution < -0.4 is 5.32 Å². The van der Waals surface area contributed by atoms with Crippen molar-refractivity contribution in [3.05, 3.63) is 35.6 Å². The molecule has 1 N–H and O–H groups in total. The Hall–Kier alpha value is -0.930. The van der Waals surface area contributed by atoms with E-state index < -0.39 is 0 Å². The van der Waals surface area contributed by atoms with E-state index in [0.717, 1.165) is 19.4 Å². The Morgan fingerprint density at radius 1 is 1.24 bits per heavy atom. The van der Waals surface area contributed by atoms with Gasteiger partial charge in [0.05, 0.1) is 6.10 Å². The van der Waals surface area contributed by atoms with Gasteiger partial charge in [-0.25, -0.2) is 4.39 Å². The number of ether oxygens (including phenoxy) is 1. The molecule has 0 aromatic heterocycles. The summed E-state index contributed by atoms with van der Waals surface area (Å²) < 4.78 is 19.4. The Kier molecular flexibility index (Phi) is 6.82. The van der Waals surface area contributed by atoms with Crippen LogP contribution in [0, 0.1) is 5.82 Å². The van der Waals surface area contributed by atoms with Gasteiger partial charge in [-0.15, -0.1) is 0 Å². The number of benzene rings is 1. The lowest BCUT2D eigenvalue weighted by Crippen LogP contribution is -2.25. The Bertz CT molecular complexity index is 317. The lowest BCUT2D eigenvalue weighted by Gasteiger charge is -2.19. The maximum absolute atomic E-state index is 13.7.